The summed E-state index contributed by atoms with van der Waals surface area (Å²) in [7, 11) is 0. The predicted octanol–water partition coefficient (Wildman–Crippen LogP) is 8.17. The van der Waals surface area contributed by atoms with Crippen LogP contribution in [0.1, 0.15) is 83.1 Å². The molecule has 156 valence electrons. The first-order valence-corrected chi connectivity index (χ1v) is 10.2. The van der Waals surface area contributed by atoms with Gasteiger partial charge in [-0.15, -0.1) is 20.8 Å². The van der Waals surface area contributed by atoms with Crippen LogP contribution in [0, 0.1) is 74.6 Å². The molecule has 0 N–H and O–H groups in total. The van der Waals surface area contributed by atoms with Gasteiger partial charge in [-0.1, -0.05) is 80.1 Å². The van der Waals surface area contributed by atoms with E-state index in [9.17, 15) is 0 Å². The molecule has 0 saturated heterocycles. The van der Waals surface area contributed by atoms with Crippen molar-refractivity contribution in [2.24, 2.45) is 17.8 Å². The average Bonchev–Trinajstić information content (AvgIpc) is 3.07. The largest absolute Gasteiger partial charge is 3.00 e. The molecule has 0 saturated carbocycles. The van der Waals surface area contributed by atoms with Crippen LogP contribution in [0.15, 0.2) is 50.2 Å². The Hall–Kier alpha value is -0.274. The molecule has 0 amide bonds. The molecule has 3 unspecified atom stereocenters. The molecule has 0 spiro atoms. The Morgan fingerprint density at radius 3 is 0.643 bits per heavy atom. The van der Waals surface area contributed by atoms with Crippen LogP contribution >= 0.6 is 0 Å². The standard InChI is InChI=1S/3C9H13.Tb/c3*1-6-5-7(2)9(4)8(6)3;/h3*6H,1-4H3;/q3*-1;+3. The van der Waals surface area contributed by atoms with Gasteiger partial charge < -0.3 is 0 Å². The van der Waals surface area contributed by atoms with Gasteiger partial charge in [0.15, 0.2) is 0 Å². The fraction of sp³-hybridized carbons (Fsp3) is 0.556. The summed E-state index contributed by atoms with van der Waals surface area (Å²) < 4.78 is 0. The molecule has 0 aromatic carbocycles. The zero-order chi connectivity index (χ0) is 21.0. The van der Waals surface area contributed by atoms with Crippen molar-refractivity contribution in [3.8, 4) is 0 Å². The van der Waals surface area contributed by atoms with Gasteiger partial charge in [0.25, 0.3) is 0 Å². The van der Waals surface area contributed by atoms with Gasteiger partial charge in [-0.2, -0.15) is 33.4 Å². The Balaban J connectivity index is 0.000000384. The SMILES string of the molecule is CC1=[C-]C(C)C(C)=C1C.CC1=[C-]C(C)C(C)=C1C.CC1=[C-]C(C)C(C)=C1C.[Tb+3]. The van der Waals surface area contributed by atoms with E-state index in [4.69, 9.17) is 0 Å². The van der Waals surface area contributed by atoms with Crippen molar-refractivity contribution in [1.29, 1.82) is 0 Å². The second kappa shape index (κ2) is 11.8. The fourth-order valence-corrected chi connectivity index (χ4v) is 3.49. The summed E-state index contributed by atoms with van der Waals surface area (Å²) in [5, 5.41) is 0. The second-order valence-corrected chi connectivity index (χ2v) is 8.40. The van der Waals surface area contributed by atoms with Crippen LogP contribution in [0.4, 0.5) is 0 Å². The third kappa shape index (κ3) is 6.90. The summed E-state index contributed by atoms with van der Waals surface area (Å²) >= 11 is 0. The zero-order valence-electron chi connectivity index (χ0n) is 20.1. The first-order chi connectivity index (χ1) is 12.4. The molecule has 28 heavy (non-hydrogen) atoms. The van der Waals surface area contributed by atoms with Crippen LogP contribution in [0.3, 0.4) is 0 Å². The quantitative estimate of drug-likeness (QED) is 0.282. The van der Waals surface area contributed by atoms with Gasteiger partial charge in [-0.05, 0) is 0 Å². The van der Waals surface area contributed by atoms with Crippen LogP contribution in [0.2, 0.25) is 0 Å². The molecule has 0 aromatic heterocycles. The summed E-state index contributed by atoms with van der Waals surface area (Å²) in [5.74, 6) is 1.68. The summed E-state index contributed by atoms with van der Waals surface area (Å²) in [6, 6.07) is 0. The molecule has 0 bridgehead atoms. The zero-order valence-corrected chi connectivity index (χ0v) is 22.2. The fourth-order valence-electron chi connectivity index (χ4n) is 3.49. The van der Waals surface area contributed by atoms with Gasteiger partial charge in [-0.3, -0.25) is 18.2 Å². The first kappa shape index (κ1) is 27.7. The van der Waals surface area contributed by atoms with Crippen molar-refractivity contribution in [1.82, 2.24) is 0 Å². The van der Waals surface area contributed by atoms with Gasteiger partial charge >= 0.3 is 38.6 Å². The molecule has 0 fully saturated rings. The van der Waals surface area contributed by atoms with E-state index in [1.165, 1.54) is 50.2 Å². The molecule has 3 aliphatic carbocycles. The van der Waals surface area contributed by atoms with Crippen LogP contribution in [0.25, 0.3) is 0 Å². The van der Waals surface area contributed by atoms with E-state index in [0.29, 0.717) is 17.8 Å². The molecular formula is C27H39Tb. The molecule has 1 heteroatoms. The maximum Gasteiger partial charge on any atom is 3.00 e. The minimum Gasteiger partial charge on any atom is -0.266 e. The number of hydrogen-bond donors (Lipinski definition) is 0. The molecule has 3 aliphatic rings. The van der Waals surface area contributed by atoms with E-state index in [1.807, 2.05) is 0 Å². The Labute approximate surface area is 206 Å². The number of rotatable bonds is 0. The van der Waals surface area contributed by atoms with E-state index >= 15 is 0 Å². The molecule has 0 aliphatic heterocycles. The van der Waals surface area contributed by atoms with Gasteiger partial charge in [0.1, 0.15) is 0 Å². The van der Waals surface area contributed by atoms with Crippen LogP contribution in [0.5, 0.6) is 0 Å². The normalized spacial score (nSPS) is 26.1. The van der Waals surface area contributed by atoms with E-state index < -0.39 is 0 Å². The Morgan fingerprint density at radius 2 is 0.607 bits per heavy atom. The Bertz CT molecular complexity index is 657. The molecule has 0 aromatic rings. The Morgan fingerprint density at radius 1 is 0.429 bits per heavy atom. The smallest absolute Gasteiger partial charge is 0.266 e. The third-order valence-electron chi connectivity index (χ3n) is 6.71. The Kier molecular flexibility index (Phi) is 11.7. The molecular weight excluding hydrogens is 483 g/mol. The minimum atomic E-state index is 0. The van der Waals surface area contributed by atoms with Crippen LogP contribution in [-0.2, 0) is 0 Å². The number of hydrogen-bond acceptors (Lipinski definition) is 0. The molecule has 3 rings (SSSR count). The summed E-state index contributed by atoms with van der Waals surface area (Å²) in [5.41, 5.74) is 12.7. The topological polar surface area (TPSA) is 0 Å². The number of allylic oxidation sites excluding steroid dienone is 12. The molecule has 0 nitrogen and oxygen atoms in total. The van der Waals surface area contributed by atoms with Gasteiger partial charge in [0, 0.05) is 0 Å². The maximum atomic E-state index is 3.36. The monoisotopic (exact) mass is 522 g/mol. The third-order valence-corrected chi connectivity index (χ3v) is 6.71. The minimum absolute atomic E-state index is 0. The molecule has 3 atom stereocenters. The summed E-state index contributed by atoms with van der Waals surface area (Å²) in [6.45, 7) is 26.0. The van der Waals surface area contributed by atoms with Crippen LogP contribution < -0.4 is 0 Å². The van der Waals surface area contributed by atoms with Gasteiger partial charge in [-0.25, -0.2) is 16.7 Å². The van der Waals surface area contributed by atoms with E-state index in [2.05, 4.69) is 101 Å². The van der Waals surface area contributed by atoms with E-state index in [-0.39, 0.29) is 38.6 Å². The maximum absolute atomic E-state index is 3.36. The second-order valence-electron chi connectivity index (χ2n) is 8.40. The van der Waals surface area contributed by atoms with Gasteiger partial charge in [0.05, 0.1) is 0 Å². The summed E-state index contributed by atoms with van der Waals surface area (Å²) in [6.07, 6.45) is 10.1. The van der Waals surface area contributed by atoms with Crippen molar-refractivity contribution < 1.29 is 38.6 Å². The first-order valence-electron chi connectivity index (χ1n) is 10.2. The molecule has 0 heterocycles. The van der Waals surface area contributed by atoms with Gasteiger partial charge in [0.2, 0.25) is 0 Å². The predicted molar refractivity (Wildman–Crippen MR) is 120 cm³/mol. The van der Waals surface area contributed by atoms with Crippen molar-refractivity contribution in [3.63, 3.8) is 0 Å². The van der Waals surface area contributed by atoms with Crippen molar-refractivity contribution in [2.45, 2.75) is 83.1 Å². The summed E-state index contributed by atoms with van der Waals surface area (Å²) in [4.78, 5) is 0. The molecule has 0 radical (unpaired) electrons. The van der Waals surface area contributed by atoms with Crippen LogP contribution in [-0.4, -0.2) is 0 Å². The van der Waals surface area contributed by atoms with Crippen molar-refractivity contribution in [3.05, 3.63) is 68.4 Å². The van der Waals surface area contributed by atoms with Crippen molar-refractivity contribution in [2.75, 3.05) is 0 Å². The van der Waals surface area contributed by atoms with E-state index in [1.54, 1.807) is 0 Å². The van der Waals surface area contributed by atoms with Crippen molar-refractivity contribution >= 4 is 0 Å². The average molecular weight is 523 g/mol. The van der Waals surface area contributed by atoms with E-state index in [0.717, 1.165) is 0 Å².